The van der Waals surface area contributed by atoms with E-state index in [1.54, 1.807) is 34.1 Å². The second-order valence-corrected chi connectivity index (χ2v) is 8.01. The highest BCUT2D eigenvalue weighted by Crippen LogP contribution is 2.23. The molecule has 0 unspecified atom stereocenters. The van der Waals surface area contributed by atoms with Gasteiger partial charge in [-0.2, -0.15) is 0 Å². The van der Waals surface area contributed by atoms with Gasteiger partial charge in [0.2, 0.25) is 11.8 Å². The molecular weight excluding hydrogens is 374 g/mol. The monoisotopic (exact) mass is 401 g/mol. The van der Waals surface area contributed by atoms with Gasteiger partial charge >= 0.3 is 5.97 Å². The Morgan fingerprint density at radius 1 is 1.07 bits per heavy atom. The molecule has 2 aliphatic heterocycles. The molecule has 156 valence electrons. The zero-order chi connectivity index (χ0) is 21.1. The highest BCUT2D eigenvalue weighted by molar-refractivity contribution is 5.98. The summed E-state index contributed by atoms with van der Waals surface area (Å²) in [5.41, 5.74) is 1.07. The Labute approximate surface area is 169 Å². The number of nitrogens with zero attached hydrogens (tertiary/aromatic N) is 2. The van der Waals surface area contributed by atoms with Gasteiger partial charge in [0, 0.05) is 43.3 Å². The van der Waals surface area contributed by atoms with E-state index in [0.717, 1.165) is 0 Å². The Hall–Kier alpha value is -2.90. The van der Waals surface area contributed by atoms with E-state index in [-0.39, 0.29) is 42.0 Å². The van der Waals surface area contributed by atoms with E-state index < -0.39 is 5.97 Å². The maximum Gasteiger partial charge on any atom is 0.306 e. The van der Waals surface area contributed by atoms with Crippen LogP contribution in [0.15, 0.2) is 24.3 Å². The van der Waals surface area contributed by atoms with Gasteiger partial charge in [-0.05, 0) is 51.0 Å². The Bertz CT molecular complexity index is 797. The molecule has 0 aliphatic carbocycles. The van der Waals surface area contributed by atoms with E-state index in [4.69, 9.17) is 5.11 Å². The number of nitrogens with one attached hydrogen (secondary N) is 1. The van der Waals surface area contributed by atoms with Crippen LogP contribution in [0.25, 0.3) is 0 Å². The van der Waals surface area contributed by atoms with Gasteiger partial charge in [-0.1, -0.05) is 0 Å². The number of anilines is 1. The van der Waals surface area contributed by atoms with Crippen molar-refractivity contribution >= 4 is 29.4 Å². The van der Waals surface area contributed by atoms with Crippen molar-refractivity contribution in [1.82, 2.24) is 9.80 Å². The second kappa shape index (κ2) is 8.63. The van der Waals surface area contributed by atoms with Crippen LogP contribution in [-0.2, 0) is 14.4 Å². The third-order valence-electron chi connectivity index (χ3n) is 5.68. The minimum absolute atomic E-state index is 0.00670. The molecule has 2 heterocycles. The number of carbonyl (C=O) groups excluding carboxylic acids is 3. The third kappa shape index (κ3) is 4.75. The van der Waals surface area contributed by atoms with Crippen molar-refractivity contribution in [1.29, 1.82) is 0 Å². The lowest BCUT2D eigenvalue weighted by atomic mass is 9.96. The molecule has 0 radical (unpaired) electrons. The fourth-order valence-electron chi connectivity index (χ4n) is 3.86. The first-order valence-electron chi connectivity index (χ1n) is 9.98. The molecule has 2 fully saturated rings. The first-order chi connectivity index (χ1) is 13.8. The van der Waals surface area contributed by atoms with Crippen molar-refractivity contribution in [3.8, 4) is 0 Å². The van der Waals surface area contributed by atoms with Crippen LogP contribution in [-0.4, -0.2) is 64.3 Å². The van der Waals surface area contributed by atoms with Gasteiger partial charge in [-0.3, -0.25) is 19.2 Å². The molecule has 8 heteroatoms. The summed E-state index contributed by atoms with van der Waals surface area (Å²) in [6, 6.07) is 6.73. The topological polar surface area (TPSA) is 107 Å². The van der Waals surface area contributed by atoms with Gasteiger partial charge in [-0.15, -0.1) is 0 Å². The lowest BCUT2D eigenvalue weighted by Gasteiger charge is -2.30. The largest absolute Gasteiger partial charge is 0.481 e. The van der Waals surface area contributed by atoms with Gasteiger partial charge in [-0.25, -0.2) is 0 Å². The number of carboxylic acids is 1. The molecule has 2 N–H and O–H groups in total. The lowest BCUT2D eigenvalue weighted by molar-refractivity contribution is -0.143. The molecule has 2 aliphatic rings. The maximum atomic E-state index is 12.6. The summed E-state index contributed by atoms with van der Waals surface area (Å²) in [5.74, 6) is -1.91. The second-order valence-electron chi connectivity index (χ2n) is 8.01. The average Bonchev–Trinajstić information content (AvgIpc) is 3.10. The van der Waals surface area contributed by atoms with Crippen LogP contribution in [0, 0.1) is 11.8 Å². The predicted molar refractivity (Wildman–Crippen MR) is 106 cm³/mol. The molecule has 0 bridgehead atoms. The molecule has 2 saturated heterocycles. The fourth-order valence-corrected chi connectivity index (χ4v) is 3.86. The maximum absolute atomic E-state index is 12.6. The molecule has 0 spiro atoms. The van der Waals surface area contributed by atoms with Crippen molar-refractivity contribution in [3.05, 3.63) is 29.8 Å². The highest BCUT2D eigenvalue weighted by Gasteiger charge is 2.35. The van der Waals surface area contributed by atoms with Gasteiger partial charge < -0.3 is 20.2 Å². The number of aliphatic carboxylic acids is 1. The number of carbonyl (C=O) groups is 4. The summed E-state index contributed by atoms with van der Waals surface area (Å²) in [7, 11) is 0. The number of rotatable bonds is 5. The predicted octanol–water partition coefficient (Wildman–Crippen LogP) is 1.82. The van der Waals surface area contributed by atoms with E-state index in [1.807, 2.05) is 13.8 Å². The number of likely N-dealkylation sites (tertiary alicyclic amines) is 2. The molecule has 1 aromatic carbocycles. The van der Waals surface area contributed by atoms with E-state index in [9.17, 15) is 19.2 Å². The lowest BCUT2D eigenvalue weighted by Crippen LogP contribution is -2.40. The van der Waals surface area contributed by atoms with Gasteiger partial charge in [0.05, 0.1) is 11.8 Å². The summed E-state index contributed by atoms with van der Waals surface area (Å²) in [6.45, 7) is 5.13. The quantitative estimate of drug-likeness (QED) is 0.783. The minimum atomic E-state index is -0.808. The first-order valence-corrected chi connectivity index (χ1v) is 9.98. The van der Waals surface area contributed by atoms with E-state index in [0.29, 0.717) is 43.7 Å². The summed E-state index contributed by atoms with van der Waals surface area (Å²) >= 11 is 0. The third-order valence-corrected chi connectivity index (χ3v) is 5.68. The summed E-state index contributed by atoms with van der Waals surface area (Å²) in [6.07, 6.45) is 1.14. The van der Waals surface area contributed by atoms with Crippen molar-refractivity contribution < 1.29 is 24.3 Å². The van der Waals surface area contributed by atoms with E-state index in [1.165, 1.54) is 0 Å². The number of hydrogen-bond donors (Lipinski definition) is 2. The molecular formula is C21H27N3O5. The number of hydrogen-bond acceptors (Lipinski definition) is 4. The van der Waals surface area contributed by atoms with Crippen LogP contribution >= 0.6 is 0 Å². The van der Waals surface area contributed by atoms with Gasteiger partial charge in [0.15, 0.2) is 0 Å². The van der Waals surface area contributed by atoms with E-state index >= 15 is 0 Å². The van der Waals surface area contributed by atoms with Crippen LogP contribution in [0.1, 0.15) is 43.5 Å². The van der Waals surface area contributed by atoms with Crippen molar-refractivity contribution in [3.63, 3.8) is 0 Å². The normalized spacial score (nSPS) is 20.2. The number of benzene rings is 1. The SMILES string of the molecule is CC(C)N1C[C@H](C(=O)Nc2ccc(C(=O)N3CCC(C(=O)O)CC3)cc2)CC1=O. The van der Waals surface area contributed by atoms with Crippen LogP contribution in [0.3, 0.4) is 0 Å². The Morgan fingerprint density at radius 3 is 2.21 bits per heavy atom. The van der Waals surface area contributed by atoms with Crippen molar-refractivity contribution in [2.75, 3.05) is 25.0 Å². The molecule has 8 nitrogen and oxygen atoms in total. The van der Waals surface area contributed by atoms with Crippen molar-refractivity contribution in [2.24, 2.45) is 11.8 Å². The van der Waals surface area contributed by atoms with Crippen LogP contribution < -0.4 is 5.32 Å². The van der Waals surface area contributed by atoms with Crippen LogP contribution in [0.4, 0.5) is 5.69 Å². The standard InChI is InChI=1S/C21H27N3O5/c1-13(2)24-12-16(11-18(24)25)19(26)22-17-5-3-14(4-6-17)20(27)23-9-7-15(8-10-23)21(28)29/h3-6,13,15-16H,7-12H2,1-2H3,(H,22,26)(H,28,29)/t16-/m1/s1. The zero-order valence-electron chi connectivity index (χ0n) is 16.8. The molecule has 3 amide bonds. The Kier molecular flexibility index (Phi) is 6.20. The number of carboxylic acid groups (broad SMARTS) is 1. The van der Waals surface area contributed by atoms with Gasteiger partial charge in [0.25, 0.3) is 5.91 Å². The Balaban J connectivity index is 1.55. The number of piperidine rings is 1. The molecule has 1 aromatic rings. The van der Waals surface area contributed by atoms with Gasteiger partial charge in [0.1, 0.15) is 0 Å². The molecule has 0 saturated carbocycles. The highest BCUT2D eigenvalue weighted by atomic mass is 16.4. The molecule has 3 rings (SSSR count). The fraction of sp³-hybridized carbons (Fsp3) is 0.524. The number of amides is 3. The molecule has 1 atom stereocenters. The Morgan fingerprint density at radius 2 is 1.69 bits per heavy atom. The summed E-state index contributed by atoms with van der Waals surface area (Å²) in [5, 5.41) is 11.9. The average molecular weight is 401 g/mol. The summed E-state index contributed by atoms with van der Waals surface area (Å²) < 4.78 is 0. The molecule has 29 heavy (non-hydrogen) atoms. The first kappa shape index (κ1) is 20.8. The minimum Gasteiger partial charge on any atom is -0.481 e. The molecule has 0 aromatic heterocycles. The van der Waals surface area contributed by atoms with Crippen LogP contribution in [0.2, 0.25) is 0 Å². The van der Waals surface area contributed by atoms with Crippen LogP contribution in [0.5, 0.6) is 0 Å². The smallest absolute Gasteiger partial charge is 0.306 e. The zero-order valence-corrected chi connectivity index (χ0v) is 16.8. The van der Waals surface area contributed by atoms with E-state index in [2.05, 4.69) is 5.32 Å². The summed E-state index contributed by atoms with van der Waals surface area (Å²) in [4.78, 5) is 51.5. The van der Waals surface area contributed by atoms with Crippen molar-refractivity contribution in [2.45, 2.75) is 39.2 Å².